The average Bonchev–Trinajstić information content (AvgIpc) is 2.71. The molecule has 1 aromatic heterocycles. The van der Waals surface area contributed by atoms with Crippen molar-refractivity contribution in [2.45, 2.75) is 25.0 Å². The molecule has 0 aliphatic heterocycles. The van der Waals surface area contributed by atoms with Crippen molar-refractivity contribution >= 4 is 24.4 Å². The van der Waals surface area contributed by atoms with E-state index in [0.717, 1.165) is 28.2 Å². The minimum atomic E-state index is 0.423. The second-order valence-corrected chi connectivity index (χ2v) is 5.56. The minimum absolute atomic E-state index is 0.423. The molecule has 0 spiro atoms. The largest absolute Gasteiger partial charge is 0.437 e. The van der Waals surface area contributed by atoms with Crippen LogP contribution in [-0.4, -0.2) is 16.5 Å². The molecule has 1 unspecified atom stereocenters. The lowest BCUT2D eigenvalue weighted by Crippen LogP contribution is -2.03. The maximum Gasteiger partial charge on any atom is 0.256 e. The van der Waals surface area contributed by atoms with Crippen molar-refractivity contribution in [1.29, 1.82) is 0 Å². The van der Waals surface area contributed by atoms with Gasteiger partial charge in [-0.25, -0.2) is 4.98 Å². The summed E-state index contributed by atoms with van der Waals surface area (Å²) in [4.78, 5) is 4.38. The summed E-state index contributed by atoms with van der Waals surface area (Å²) < 4.78 is 5.57. The van der Waals surface area contributed by atoms with E-state index in [9.17, 15) is 0 Å². The van der Waals surface area contributed by atoms with Gasteiger partial charge in [0.1, 0.15) is 5.76 Å². The van der Waals surface area contributed by atoms with Crippen LogP contribution < -0.4 is 0 Å². The molecule has 1 atom stereocenters. The molecule has 96 valence electrons. The number of rotatable bonds is 5. The molecule has 0 aliphatic carbocycles. The zero-order chi connectivity index (χ0) is 13.0. The molecule has 2 aromatic rings. The van der Waals surface area contributed by atoms with Gasteiger partial charge in [-0.1, -0.05) is 42.1 Å². The van der Waals surface area contributed by atoms with Crippen LogP contribution in [0, 0.1) is 13.8 Å². The molecule has 0 amide bonds. The highest BCUT2D eigenvalue weighted by atomic mass is 32.2. The first-order valence-corrected chi connectivity index (χ1v) is 7.55. The van der Waals surface area contributed by atoms with Gasteiger partial charge >= 0.3 is 0 Å². The molecule has 2 nitrogen and oxygen atoms in total. The Balaban J connectivity index is 1.99. The highest BCUT2D eigenvalue weighted by Crippen LogP contribution is 2.27. The van der Waals surface area contributed by atoms with Crippen LogP contribution in [0.2, 0.25) is 0 Å². The molecule has 0 radical (unpaired) electrons. The summed E-state index contributed by atoms with van der Waals surface area (Å²) >= 11 is 6.09. The number of nitrogens with zero attached hydrogens (tertiary/aromatic N) is 1. The molecule has 1 aromatic carbocycles. The molecular weight excluding hydrogens is 262 g/mol. The van der Waals surface area contributed by atoms with Crippen LogP contribution in [0.4, 0.5) is 0 Å². The third-order valence-corrected chi connectivity index (χ3v) is 4.34. The Labute approximate surface area is 118 Å². The van der Waals surface area contributed by atoms with Crippen molar-refractivity contribution in [3.63, 3.8) is 0 Å². The van der Waals surface area contributed by atoms with Crippen LogP contribution in [0.15, 0.2) is 40.0 Å². The van der Waals surface area contributed by atoms with E-state index in [0.29, 0.717) is 5.92 Å². The lowest BCUT2D eigenvalue weighted by molar-refractivity contribution is 0.431. The van der Waals surface area contributed by atoms with Gasteiger partial charge in [0.2, 0.25) is 0 Å². The first kappa shape index (κ1) is 13.6. The summed E-state index contributed by atoms with van der Waals surface area (Å²) in [7, 11) is 0. The van der Waals surface area contributed by atoms with Gasteiger partial charge in [0.25, 0.3) is 5.22 Å². The van der Waals surface area contributed by atoms with Gasteiger partial charge in [-0.2, -0.15) is 12.6 Å². The quantitative estimate of drug-likeness (QED) is 0.659. The van der Waals surface area contributed by atoms with Crippen molar-refractivity contribution in [2.24, 2.45) is 0 Å². The molecule has 1 heterocycles. The van der Waals surface area contributed by atoms with Gasteiger partial charge in [-0.15, -0.1) is 0 Å². The monoisotopic (exact) mass is 279 g/mol. The molecule has 0 N–H and O–H groups in total. The highest BCUT2D eigenvalue weighted by molar-refractivity contribution is 7.99. The Hall–Kier alpha value is -0.870. The number of oxazole rings is 1. The predicted molar refractivity (Wildman–Crippen MR) is 79.7 cm³/mol. The lowest BCUT2D eigenvalue weighted by atomic mass is 10.0. The second kappa shape index (κ2) is 6.34. The summed E-state index contributed by atoms with van der Waals surface area (Å²) in [6, 6.07) is 10.5. The average molecular weight is 279 g/mol. The fraction of sp³-hybridized carbons (Fsp3) is 0.357. The highest BCUT2D eigenvalue weighted by Gasteiger charge is 2.13. The fourth-order valence-corrected chi connectivity index (χ4v) is 3.21. The number of thioether (sulfide) groups is 1. The van der Waals surface area contributed by atoms with E-state index >= 15 is 0 Å². The zero-order valence-electron chi connectivity index (χ0n) is 10.6. The second-order valence-electron chi connectivity index (χ2n) is 4.22. The number of aromatic nitrogens is 1. The van der Waals surface area contributed by atoms with Gasteiger partial charge < -0.3 is 4.42 Å². The third-order valence-electron chi connectivity index (χ3n) is 2.91. The van der Waals surface area contributed by atoms with Crippen molar-refractivity contribution < 1.29 is 4.42 Å². The molecule has 18 heavy (non-hydrogen) atoms. The summed E-state index contributed by atoms with van der Waals surface area (Å²) in [5, 5.41) is 0.757. The number of thiol groups is 1. The Bertz CT molecular complexity index is 476. The van der Waals surface area contributed by atoms with Gasteiger partial charge in [-0.05, 0) is 25.2 Å². The van der Waals surface area contributed by atoms with Crippen molar-refractivity contribution in [3.05, 3.63) is 47.3 Å². The Kier molecular flexibility index (Phi) is 4.78. The first-order chi connectivity index (χ1) is 8.70. The van der Waals surface area contributed by atoms with E-state index in [4.69, 9.17) is 4.42 Å². The van der Waals surface area contributed by atoms with Gasteiger partial charge in [0.15, 0.2) is 0 Å². The fourth-order valence-electron chi connectivity index (χ4n) is 1.66. The van der Waals surface area contributed by atoms with Crippen LogP contribution in [0.3, 0.4) is 0 Å². The normalized spacial score (nSPS) is 12.6. The van der Waals surface area contributed by atoms with Crippen LogP contribution in [0.25, 0.3) is 0 Å². The number of hydrogen-bond acceptors (Lipinski definition) is 4. The standard InChI is InChI=1S/C14H17NOS2/c1-10-11(2)16-14(15-10)18-9-13(8-17)12-6-4-3-5-7-12/h3-7,13,17H,8-9H2,1-2H3. The summed E-state index contributed by atoms with van der Waals surface area (Å²) in [6.07, 6.45) is 0. The SMILES string of the molecule is Cc1nc(SCC(CS)c2ccccc2)oc1C. The van der Waals surface area contributed by atoms with E-state index in [2.05, 4.69) is 41.9 Å². The Morgan fingerprint density at radius 2 is 2.00 bits per heavy atom. The summed E-state index contributed by atoms with van der Waals surface area (Å²) in [5.41, 5.74) is 2.29. The third kappa shape index (κ3) is 3.33. The number of aryl methyl sites for hydroxylation is 2. The molecule has 0 aliphatic rings. The smallest absolute Gasteiger partial charge is 0.256 e. The lowest BCUT2D eigenvalue weighted by Gasteiger charge is -2.12. The van der Waals surface area contributed by atoms with Crippen molar-refractivity contribution in [3.8, 4) is 0 Å². The Morgan fingerprint density at radius 1 is 1.28 bits per heavy atom. The molecule has 2 rings (SSSR count). The van der Waals surface area contributed by atoms with E-state index in [-0.39, 0.29) is 0 Å². The molecule has 0 bridgehead atoms. The van der Waals surface area contributed by atoms with E-state index in [1.54, 1.807) is 11.8 Å². The maximum atomic E-state index is 5.57. The van der Waals surface area contributed by atoms with Crippen molar-refractivity contribution in [2.75, 3.05) is 11.5 Å². The molecule has 0 saturated heterocycles. The minimum Gasteiger partial charge on any atom is -0.437 e. The number of hydrogen-bond donors (Lipinski definition) is 1. The molecular formula is C14H17NOS2. The summed E-state index contributed by atoms with van der Waals surface area (Å²) in [5.74, 6) is 3.09. The van der Waals surface area contributed by atoms with Crippen LogP contribution in [0.1, 0.15) is 22.9 Å². The number of benzene rings is 1. The predicted octanol–water partition coefficient (Wildman–Crippen LogP) is 4.10. The molecule has 0 saturated carbocycles. The summed E-state index contributed by atoms with van der Waals surface area (Å²) in [6.45, 7) is 3.91. The topological polar surface area (TPSA) is 26.0 Å². The van der Waals surface area contributed by atoms with E-state index < -0.39 is 0 Å². The molecule has 0 fully saturated rings. The maximum absolute atomic E-state index is 5.57. The van der Waals surface area contributed by atoms with Gasteiger partial charge in [-0.3, -0.25) is 0 Å². The first-order valence-electron chi connectivity index (χ1n) is 5.93. The van der Waals surface area contributed by atoms with E-state index in [1.165, 1.54) is 5.56 Å². The van der Waals surface area contributed by atoms with Crippen molar-refractivity contribution in [1.82, 2.24) is 4.98 Å². The van der Waals surface area contributed by atoms with Crippen LogP contribution in [-0.2, 0) is 0 Å². The van der Waals surface area contributed by atoms with Crippen LogP contribution in [0.5, 0.6) is 0 Å². The van der Waals surface area contributed by atoms with Crippen LogP contribution >= 0.6 is 24.4 Å². The van der Waals surface area contributed by atoms with Gasteiger partial charge in [0.05, 0.1) is 5.69 Å². The zero-order valence-corrected chi connectivity index (χ0v) is 12.3. The Morgan fingerprint density at radius 3 is 2.56 bits per heavy atom. The molecule has 4 heteroatoms. The van der Waals surface area contributed by atoms with E-state index in [1.807, 2.05) is 19.9 Å². The van der Waals surface area contributed by atoms with Gasteiger partial charge in [0, 0.05) is 11.7 Å².